The van der Waals surface area contributed by atoms with Crippen LogP contribution in [0.3, 0.4) is 0 Å². The highest BCUT2D eigenvalue weighted by molar-refractivity contribution is 9.10. The minimum Gasteiger partial charge on any atom is -0.354 e. The largest absolute Gasteiger partial charge is 0.354 e. The van der Waals surface area contributed by atoms with E-state index in [0.29, 0.717) is 5.41 Å². The highest BCUT2D eigenvalue weighted by atomic mass is 79.9. The Kier molecular flexibility index (Phi) is 4.89. The van der Waals surface area contributed by atoms with Crippen LogP contribution in [0.1, 0.15) is 62.5 Å². The van der Waals surface area contributed by atoms with E-state index < -0.39 is 0 Å². The number of thiophene rings is 1. The van der Waals surface area contributed by atoms with E-state index in [9.17, 15) is 0 Å². The summed E-state index contributed by atoms with van der Waals surface area (Å²) in [4.78, 5) is 5.11. The van der Waals surface area contributed by atoms with E-state index in [1.807, 2.05) is 11.3 Å². The number of hydrogen-bond donors (Lipinski definition) is 2. The van der Waals surface area contributed by atoms with Crippen LogP contribution in [-0.4, -0.2) is 11.5 Å². The summed E-state index contributed by atoms with van der Waals surface area (Å²) in [7, 11) is 0. The molecule has 4 saturated carbocycles. The van der Waals surface area contributed by atoms with E-state index in [4.69, 9.17) is 5.73 Å². The average molecular weight is 484 g/mol. The number of benzene rings is 1. The molecule has 0 unspecified atom stereocenters. The summed E-state index contributed by atoms with van der Waals surface area (Å²) in [5, 5.41) is 3.63. The van der Waals surface area contributed by atoms with Crippen LogP contribution in [-0.2, 0) is 11.8 Å². The third kappa shape index (κ3) is 3.13. The van der Waals surface area contributed by atoms with Gasteiger partial charge in [-0.2, -0.15) is 0 Å². The first kappa shape index (κ1) is 19.6. The lowest BCUT2D eigenvalue weighted by atomic mass is 9.48. The number of halogens is 1. The Hall–Kier alpha value is -1.10. The maximum Gasteiger partial charge on any atom is 0.0650 e. The Balaban J connectivity index is 1.46. The molecule has 0 amide bonds. The number of aromatic amines is 1. The summed E-state index contributed by atoms with van der Waals surface area (Å²) in [6.45, 7) is 0.777. The van der Waals surface area contributed by atoms with Crippen molar-refractivity contribution < 1.29 is 0 Å². The van der Waals surface area contributed by atoms with E-state index in [1.54, 1.807) is 5.56 Å². The summed E-state index contributed by atoms with van der Waals surface area (Å²) in [5.74, 6) is 2.96. The number of nitrogens with two attached hydrogens (primary N) is 1. The van der Waals surface area contributed by atoms with Crippen molar-refractivity contribution in [3.63, 3.8) is 0 Å². The van der Waals surface area contributed by atoms with Crippen LogP contribution >= 0.6 is 27.3 Å². The molecule has 4 aliphatic rings. The van der Waals surface area contributed by atoms with Gasteiger partial charge in [-0.25, -0.2) is 0 Å². The Morgan fingerprint density at radius 3 is 2.40 bits per heavy atom. The van der Waals surface area contributed by atoms with Gasteiger partial charge in [0, 0.05) is 15.4 Å². The normalized spacial score (nSPS) is 29.9. The fourth-order valence-corrected chi connectivity index (χ4v) is 9.01. The Bertz CT molecular complexity index is 1040. The monoisotopic (exact) mass is 482 g/mol. The van der Waals surface area contributed by atoms with E-state index >= 15 is 0 Å². The van der Waals surface area contributed by atoms with Crippen molar-refractivity contribution in [3.8, 4) is 10.6 Å². The average Bonchev–Trinajstić information content (AvgIpc) is 3.30. The van der Waals surface area contributed by atoms with Gasteiger partial charge in [0.2, 0.25) is 0 Å². The second kappa shape index (κ2) is 7.50. The van der Waals surface area contributed by atoms with E-state index in [0.717, 1.165) is 43.6 Å². The van der Waals surface area contributed by atoms with Crippen LogP contribution in [0.2, 0.25) is 0 Å². The lowest BCUT2D eigenvalue weighted by Gasteiger charge is -2.57. The molecule has 7 rings (SSSR count). The summed E-state index contributed by atoms with van der Waals surface area (Å²) in [5.41, 5.74) is 12.0. The van der Waals surface area contributed by atoms with Crippen LogP contribution in [0.5, 0.6) is 0 Å². The lowest BCUT2D eigenvalue weighted by molar-refractivity contribution is -0.00513. The Morgan fingerprint density at radius 1 is 1.03 bits per heavy atom. The van der Waals surface area contributed by atoms with Crippen molar-refractivity contribution in [3.05, 3.63) is 45.2 Å². The third-order valence-corrected chi connectivity index (χ3v) is 10.1. The molecule has 2 nitrogen and oxygen atoms in total. The first-order valence-electron chi connectivity index (χ1n) is 11.7. The number of H-pyrrole nitrogens is 1. The number of rotatable bonds is 6. The maximum absolute atomic E-state index is 5.82. The second-order valence-corrected chi connectivity index (χ2v) is 12.1. The first-order chi connectivity index (χ1) is 14.6. The number of aromatic nitrogens is 1. The first-order valence-corrected chi connectivity index (χ1v) is 13.4. The van der Waals surface area contributed by atoms with Crippen molar-refractivity contribution in [1.29, 1.82) is 0 Å². The molecule has 0 atom stereocenters. The van der Waals surface area contributed by atoms with Gasteiger partial charge in [0.1, 0.15) is 0 Å². The second-order valence-electron chi connectivity index (χ2n) is 10.3. The third-order valence-electron chi connectivity index (χ3n) is 8.28. The van der Waals surface area contributed by atoms with Crippen molar-refractivity contribution in [2.24, 2.45) is 23.5 Å². The predicted molar refractivity (Wildman–Crippen MR) is 131 cm³/mol. The molecule has 0 saturated heterocycles. The molecule has 1 aromatic carbocycles. The van der Waals surface area contributed by atoms with Gasteiger partial charge in [-0.3, -0.25) is 0 Å². The Labute approximate surface area is 191 Å². The standard InChI is InChI=1S/C26H31BrN2S/c27-22-6-8-30-25(22)24-20(3-1-2-7-28)21-12-19(4-5-23(21)29-24)26-13-16-9-17(14-26)11-18(10-16)15-26/h4-6,8,12,16-18,29H,1-3,7,9-11,13-15,28H2. The lowest BCUT2D eigenvalue weighted by Crippen LogP contribution is -2.48. The summed E-state index contributed by atoms with van der Waals surface area (Å²) < 4.78 is 1.19. The molecule has 4 fully saturated rings. The molecule has 2 aromatic heterocycles. The molecule has 2 heterocycles. The van der Waals surface area contributed by atoms with Crippen LogP contribution in [0.25, 0.3) is 21.5 Å². The molecule has 4 aliphatic carbocycles. The smallest absolute Gasteiger partial charge is 0.0650 e. The molecule has 0 spiro atoms. The highest BCUT2D eigenvalue weighted by Crippen LogP contribution is 2.61. The van der Waals surface area contributed by atoms with Gasteiger partial charge < -0.3 is 10.7 Å². The zero-order valence-corrected chi connectivity index (χ0v) is 20.0. The molecular formula is C26H31BrN2S. The van der Waals surface area contributed by atoms with Gasteiger partial charge in [0.25, 0.3) is 0 Å². The molecule has 30 heavy (non-hydrogen) atoms. The number of fused-ring (bicyclic) bond motifs is 1. The number of hydrogen-bond acceptors (Lipinski definition) is 2. The highest BCUT2D eigenvalue weighted by Gasteiger charge is 2.51. The molecule has 3 aromatic rings. The SMILES string of the molecule is NCCCCc1c(-c2sccc2Br)[nH]c2ccc(C34CC5CC(CC(C5)C3)C4)cc12. The molecule has 158 valence electrons. The number of aryl methyl sites for hydroxylation is 1. The predicted octanol–water partition coefficient (Wildman–Crippen LogP) is 7.41. The topological polar surface area (TPSA) is 41.8 Å². The maximum atomic E-state index is 5.82. The minimum atomic E-state index is 0.457. The van der Waals surface area contributed by atoms with E-state index in [2.05, 4.69) is 50.6 Å². The number of nitrogens with one attached hydrogen (secondary N) is 1. The zero-order chi connectivity index (χ0) is 20.3. The Morgan fingerprint density at radius 2 is 1.77 bits per heavy atom. The van der Waals surface area contributed by atoms with E-state index in [1.165, 1.54) is 70.0 Å². The van der Waals surface area contributed by atoms with Crippen LogP contribution in [0, 0.1) is 17.8 Å². The van der Waals surface area contributed by atoms with Crippen molar-refractivity contribution in [1.82, 2.24) is 4.98 Å². The van der Waals surface area contributed by atoms with Crippen molar-refractivity contribution in [2.45, 2.75) is 63.2 Å². The molecule has 0 radical (unpaired) electrons. The molecular weight excluding hydrogens is 452 g/mol. The molecule has 3 N–H and O–H groups in total. The molecule has 4 bridgehead atoms. The van der Waals surface area contributed by atoms with Crippen LogP contribution < -0.4 is 5.73 Å². The summed E-state index contributed by atoms with van der Waals surface area (Å²) in [6, 6.07) is 9.58. The van der Waals surface area contributed by atoms with E-state index in [-0.39, 0.29) is 0 Å². The van der Waals surface area contributed by atoms with Crippen LogP contribution in [0.4, 0.5) is 0 Å². The zero-order valence-electron chi connectivity index (χ0n) is 17.6. The summed E-state index contributed by atoms with van der Waals surface area (Å²) >= 11 is 5.59. The fourth-order valence-electron chi connectivity index (χ4n) is 7.41. The molecule has 4 heteroatoms. The van der Waals surface area contributed by atoms with Gasteiger partial charge in [0.15, 0.2) is 0 Å². The molecule has 0 aliphatic heterocycles. The van der Waals surface area contributed by atoms with Crippen molar-refractivity contribution >= 4 is 38.2 Å². The summed E-state index contributed by atoms with van der Waals surface area (Å²) in [6.07, 6.45) is 12.2. The fraction of sp³-hybridized carbons (Fsp3) is 0.538. The quantitative estimate of drug-likeness (QED) is 0.352. The van der Waals surface area contributed by atoms with Crippen LogP contribution in [0.15, 0.2) is 34.1 Å². The number of unbranched alkanes of at least 4 members (excludes halogenated alkanes) is 1. The van der Waals surface area contributed by atoms with Gasteiger partial charge in [-0.05, 0) is 138 Å². The van der Waals surface area contributed by atoms with Gasteiger partial charge in [-0.15, -0.1) is 11.3 Å². The van der Waals surface area contributed by atoms with Crippen molar-refractivity contribution in [2.75, 3.05) is 6.54 Å². The van der Waals surface area contributed by atoms with Gasteiger partial charge >= 0.3 is 0 Å². The minimum absolute atomic E-state index is 0.457. The van der Waals surface area contributed by atoms with Gasteiger partial charge in [-0.1, -0.05) is 6.07 Å². The van der Waals surface area contributed by atoms with Gasteiger partial charge in [0.05, 0.1) is 10.6 Å².